The lowest BCUT2D eigenvalue weighted by atomic mass is 9.86. The highest BCUT2D eigenvalue weighted by Gasteiger charge is 2.20. The largest absolute Gasteiger partial charge is 0.506 e. The second kappa shape index (κ2) is 5.87. The van der Waals surface area contributed by atoms with Gasteiger partial charge in [-0.1, -0.05) is 31.9 Å². The number of hydrogen-bond acceptors (Lipinski definition) is 2. The fraction of sp³-hybridized carbons (Fsp3) is 0.571. The van der Waals surface area contributed by atoms with Gasteiger partial charge in [-0.15, -0.1) is 0 Å². The van der Waals surface area contributed by atoms with Gasteiger partial charge in [0.05, 0.1) is 4.47 Å². The Balaban J connectivity index is 1.95. The summed E-state index contributed by atoms with van der Waals surface area (Å²) in [5, 5.41) is 13.5. The third kappa shape index (κ3) is 3.23. The summed E-state index contributed by atoms with van der Waals surface area (Å²) < 4.78 is 0.772. The van der Waals surface area contributed by atoms with Gasteiger partial charge in [-0.25, -0.2) is 0 Å². The van der Waals surface area contributed by atoms with Gasteiger partial charge in [0.25, 0.3) is 0 Å². The Labute approximate surface area is 112 Å². The van der Waals surface area contributed by atoms with Crippen LogP contribution in [0.1, 0.15) is 38.2 Å². The predicted octanol–water partition coefficient (Wildman–Crippen LogP) is 3.82. The van der Waals surface area contributed by atoms with Gasteiger partial charge < -0.3 is 10.4 Å². The molecule has 2 N–H and O–H groups in total. The van der Waals surface area contributed by atoms with Crippen LogP contribution in [0.2, 0.25) is 0 Å². The van der Waals surface area contributed by atoms with E-state index in [0.29, 0.717) is 11.8 Å². The molecule has 0 aliphatic heterocycles. The van der Waals surface area contributed by atoms with Crippen LogP contribution in [0.5, 0.6) is 5.75 Å². The molecule has 2 unspecified atom stereocenters. The van der Waals surface area contributed by atoms with Gasteiger partial charge in [0.1, 0.15) is 5.75 Å². The molecule has 3 heteroatoms. The fourth-order valence-electron chi connectivity index (χ4n) is 2.56. The zero-order chi connectivity index (χ0) is 12.3. The molecule has 0 bridgehead atoms. The summed E-state index contributed by atoms with van der Waals surface area (Å²) in [6.45, 7) is 3.07. The molecule has 0 radical (unpaired) electrons. The highest BCUT2D eigenvalue weighted by Crippen LogP contribution is 2.28. The van der Waals surface area contributed by atoms with Gasteiger partial charge >= 0.3 is 0 Å². The molecule has 1 aromatic carbocycles. The number of benzene rings is 1. The van der Waals surface area contributed by atoms with Crippen molar-refractivity contribution in [3.8, 4) is 5.75 Å². The molecular weight excluding hydrogens is 278 g/mol. The van der Waals surface area contributed by atoms with E-state index in [0.717, 1.165) is 22.5 Å². The van der Waals surface area contributed by atoms with Crippen LogP contribution >= 0.6 is 15.9 Å². The van der Waals surface area contributed by atoms with Gasteiger partial charge in [-0.2, -0.15) is 0 Å². The standard InChI is InChI=1S/C14H20BrNO/c1-10-5-2-3-8-13(10)16-9-11-6-4-7-12(15)14(11)17/h4,6-7,10,13,16-17H,2-3,5,8-9H2,1H3. The number of hydrogen-bond donors (Lipinski definition) is 2. The molecule has 1 aromatic rings. The van der Waals surface area contributed by atoms with Crippen molar-refractivity contribution < 1.29 is 5.11 Å². The van der Waals surface area contributed by atoms with Crippen molar-refractivity contribution in [1.82, 2.24) is 5.32 Å². The van der Waals surface area contributed by atoms with Gasteiger partial charge in [-0.3, -0.25) is 0 Å². The van der Waals surface area contributed by atoms with Crippen LogP contribution in [-0.4, -0.2) is 11.1 Å². The van der Waals surface area contributed by atoms with Crippen molar-refractivity contribution in [3.63, 3.8) is 0 Å². The van der Waals surface area contributed by atoms with Crippen molar-refractivity contribution in [2.45, 2.75) is 45.2 Å². The van der Waals surface area contributed by atoms with Crippen LogP contribution in [0.4, 0.5) is 0 Å². The maximum Gasteiger partial charge on any atom is 0.134 e. The van der Waals surface area contributed by atoms with Crippen molar-refractivity contribution in [1.29, 1.82) is 0 Å². The lowest BCUT2D eigenvalue weighted by Crippen LogP contribution is -2.36. The minimum atomic E-state index is 0.364. The molecule has 2 nitrogen and oxygen atoms in total. The van der Waals surface area contributed by atoms with Crippen molar-refractivity contribution >= 4 is 15.9 Å². The molecule has 0 saturated heterocycles. The van der Waals surface area contributed by atoms with E-state index in [1.54, 1.807) is 0 Å². The molecule has 0 spiro atoms. The summed E-state index contributed by atoms with van der Waals surface area (Å²) in [5.41, 5.74) is 0.970. The smallest absolute Gasteiger partial charge is 0.134 e. The Morgan fingerprint density at radius 2 is 2.12 bits per heavy atom. The molecule has 2 atom stereocenters. The number of phenols is 1. The van der Waals surface area contributed by atoms with Gasteiger partial charge in [0.2, 0.25) is 0 Å². The number of aromatic hydroxyl groups is 1. The molecule has 1 saturated carbocycles. The summed E-state index contributed by atoms with van der Waals surface area (Å²) in [4.78, 5) is 0. The molecule has 1 fully saturated rings. The molecule has 1 aliphatic carbocycles. The van der Waals surface area contributed by atoms with Crippen LogP contribution < -0.4 is 5.32 Å². The highest BCUT2D eigenvalue weighted by molar-refractivity contribution is 9.10. The van der Waals surface area contributed by atoms with Crippen LogP contribution in [0.3, 0.4) is 0 Å². The molecule has 2 rings (SSSR count). The molecule has 0 aromatic heterocycles. The van der Waals surface area contributed by atoms with Crippen molar-refractivity contribution in [2.24, 2.45) is 5.92 Å². The Bertz CT molecular complexity index is 380. The van der Waals surface area contributed by atoms with Gasteiger partial charge in [-0.05, 0) is 40.8 Å². The fourth-order valence-corrected chi connectivity index (χ4v) is 2.97. The van der Waals surface area contributed by atoms with E-state index in [-0.39, 0.29) is 0 Å². The predicted molar refractivity (Wildman–Crippen MR) is 74.1 cm³/mol. The molecule has 17 heavy (non-hydrogen) atoms. The first kappa shape index (κ1) is 12.9. The van der Waals surface area contributed by atoms with Gasteiger partial charge in [0, 0.05) is 18.2 Å². The normalized spacial score (nSPS) is 24.8. The third-order valence-corrected chi connectivity index (χ3v) is 4.38. The van der Waals surface area contributed by atoms with E-state index >= 15 is 0 Å². The SMILES string of the molecule is CC1CCCCC1NCc1cccc(Br)c1O. The second-order valence-corrected chi connectivity index (χ2v) is 5.85. The molecule has 0 amide bonds. The van der Waals surface area contributed by atoms with E-state index in [9.17, 15) is 5.11 Å². The maximum atomic E-state index is 9.91. The summed E-state index contributed by atoms with van der Waals surface area (Å²) >= 11 is 3.35. The van der Waals surface area contributed by atoms with Crippen LogP contribution in [0.15, 0.2) is 22.7 Å². The average molecular weight is 298 g/mol. The number of halogens is 1. The minimum absolute atomic E-state index is 0.364. The van der Waals surface area contributed by atoms with E-state index in [1.165, 1.54) is 25.7 Å². The molecule has 1 aliphatic rings. The lowest BCUT2D eigenvalue weighted by molar-refractivity contribution is 0.278. The monoisotopic (exact) mass is 297 g/mol. The third-order valence-electron chi connectivity index (χ3n) is 3.74. The summed E-state index contributed by atoms with van der Waals surface area (Å²) in [6, 6.07) is 6.40. The molecule has 94 valence electrons. The number of nitrogens with one attached hydrogen (secondary N) is 1. The Morgan fingerprint density at radius 3 is 2.88 bits per heavy atom. The van der Waals surface area contributed by atoms with E-state index in [2.05, 4.69) is 28.2 Å². The molecular formula is C14H20BrNO. The number of para-hydroxylation sites is 1. The zero-order valence-electron chi connectivity index (χ0n) is 10.2. The average Bonchev–Trinajstić information content (AvgIpc) is 2.33. The first-order valence-corrected chi connectivity index (χ1v) is 7.17. The zero-order valence-corrected chi connectivity index (χ0v) is 11.8. The quantitative estimate of drug-likeness (QED) is 0.889. The summed E-state index contributed by atoms with van der Waals surface area (Å²) in [6.07, 6.45) is 5.27. The Morgan fingerprint density at radius 1 is 1.35 bits per heavy atom. The molecule has 0 heterocycles. The maximum absolute atomic E-state index is 9.91. The number of phenolic OH excluding ortho intramolecular Hbond substituents is 1. The van der Waals surface area contributed by atoms with Crippen molar-refractivity contribution in [2.75, 3.05) is 0 Å². The van der Waals surface area contributed by atoms with E-state index < -0.39 is 0 Å². The van der Waals surface area contributed by atoms with Crippen LogP contribution in [0.25, 0.3) is 0 Å². The minimum Gasteiger partial charge on any atom is -0.506 e. The Hall–Kier alpha value is -0.540. The van der Waals surface area contributed by atoms with Gasteiger partial charge in [0.15, 0.2) is 0 Å². The van der Waals surface area contributed by atoms with E-state index in [4.69, 9.17) is 0 Å². The summed E-state index contributed by atoms with van der Waals surface area (Å²) in [7, 11) is 0. The number of rotatable bonds is 3. The first-order valence-electron chi connectivity index (χ1n) is 6.38. The second-order valence-electron chi connectivity index (χ2n) is 5.00. The van der Waals surface area contributed by atoms with Crippen LogP contribution in [-0.2, 0) is 6.54 Å². The Kier molecular flexibility index (Phi) is 4.46. The topological polar surface area (TPSA) is 32.3 Å². The van der Waals surface area contributed by atoms with E-state index in [1.807, 2.05) is 18.2 Å². The summed E-state index contributed by atoms with van der Waals surface area (Å²) in [5.74, 6) is 1.11. The van der Waals surface area contributed by atoms with Crippen LogP contribution in [0, 0.1) is 5.92 Å². The lowest BCUT2D eigenvalue weighted by Gasteiger charge is -2.29. The highest BCUT2D eigenvalue weighted by atomic mass is 79.9. The van der Waals surface area contributed by atoms with Crippen molar-refractivity contribution in [3.05, 3.63) is 28.2 Å². The first-order chi connectivity index (χ1) is 8.18.